The fourth-order valence-corrected chi connectivity index (χ4v) is 2.12. The van der Waals surface area contributed by atoms with Crippen LogP contribution in [0.4, 0.5) is 5.82 Å². The van der Waals surface area contributed by atoms with Crippen LogP contribution >= 0.6 is 11.3 Å². The molecule has 0 saturated heterocycles. The highest BCUT2D eigenvalue weighted by Crippen LogP contribution is 2.28. The first-order valence-electron chi connectivity index (χ1n) is 3.63. The zero-order valence-electron chi connectivity index (χ0n) is 6.66. The van der Waals surface area contributed by atoms with Crippen molar-refractivity contribution in [2.24, 2.45) is 5.84 Å². The lowest BCUT2D eigenvalue weighted by Gasteiger charge is -1.98. The molecule has 0 aromatic carbocycles. The van der Waals surface area contributed by atoms with E-state index in [0.29, 0.717) is 0 Å². The molecule has 3 nitrogen and oxygen atoms in total. The summed E-state index contributed by atoms with van der Waals surface area (Å²) >= 11 is 1.75. The maximum Gasteiger partial charge on any atom is 0.148 e. The van der Waals surface area contributed by atoms with Crippen molar-refractivity contribution in [2.45, 2.75) is 6.92 Å². The fraction of sp³-hybridized carbons (Fsp3) is 0.125. The second kappa shape index (κ2) is 2.73. The lowest BCUT2D eigenvalue weighted by Crippen LogP contribution is -2.08. The van der Waals surface area contributed by atoms with E-state index in [1.807, 2.05) is 6.07 Å². The number of nitrogen functional groups attached to an aromatic ring is 1. The molecule has 2 aromatic rings. The van der Waals surface area contributed by atoms with E-state index in [9.17, 15) is 0 Å². The summed E-state index contributed by atoms with van der Waals surface area (Å²) in [5.41, 5.74) is 2.58. The zero-order chi connectivity index (χ0) is 8.55. The van der Waals surface area contributed by atoms with Gasteiger partial charge in [0.05, 0.1) is 0 Å². The van der Waals surface area contributed by atoms with Gasteiger partial charge in [-0.1, -0.05) is 0 Å². The van der Waals surface area contributed by atoms with Crippen LogP contribution in [0, 0.1) is 6.92 Å². The first-order valence-corrected chi connectivity index (χ1v) is 4.44. The standard InChI is InChI=1S/C8H9N3S/c1-5-4-6-7(12-5)2-3-10-8(6)11-9/h2-4H,9H2,1H3,(H,10,11). The third-order valence-corrected chi connectivity index (χ3v) is 2.72. The van der Waals surface area contributed by atoms with Crippen LogP contribution < -0.4 is 11.3 Å². The van der Waals surface area contributed by atoms with Crippen LogP contribution in [0.2, 0.25) is 0 Å². The van der Waals surface area contributed by atoms with Crippen LogP contribution in [0.5, 0.6) is 0 Å². The Kier molecular flexibility index (Phi) is 1.71. The molecule has 4 heteroatoms. The highest BCUT2D eigenvalue weighted by Gasteiger charge is 2.02. The minimum Gasteiger partial charge on any atom is -0.308 e. The third kappa shape index (κ3) is 1.05. The van der Waals surface area contributed by atoms with Gasteiger partial charge in [-0.2, -0.15) is 0 Å². The van der Waals surface area contributed by atoms with E-state index in [1.165, 1.54) is 9.58 Å². The maximum absolute atomic E-state index is 5.32. The van der Waals surface area contributed by atoms with Crippen LogP contribution in [0.25, 0.3) is 10.1 Å². The Morgan fingerprint density at radius 1 is 1.58 bits per heavy atom. The van der Waals surface area contributed by atoms with Crippen molar-refractivity contribution in [2.75, 3.05) is 5.43 Å². The SMILES string of the molecule is Cc1cc2c(NN)nccc2s1. The predicted molar refractivity (Wildman–Crippen MR) is 52.2 cm³/mol. The number of thiophene rings is 1. The average Bonchev–Trinajstić information content (AvgIpc) is 2.44. The molecule has 0 aliphatic heterocycles. The number of anilines is 1. The van der Waals surface area contributed by atoms with Crippen LogP contribution in [-0.4, -0.2) is 4.98 Å². The molecular formula is C8H9N3S. The third-order valence-electron chi connectivity index (χ3n) is 1.71. The quantitative estimate of drug-likeness (QED) is 0.519. The minimum atomic E-state index is 0.747. The molecule has 2 heterocycles. The smallest absolute Gasteiger partial charge is 0.148 e. The Hall–Kier alpha value is -1.13. The van der Waals surface area contributed by atoms with Crippen molar-refractivity contribution in [1.29, 1.82) is 0 Å². The van der Waals surface area contributed by atoms with Gasteiger partial charge in [0.25, 0.3) is 0 Å². The predicted octanol–water partition coefficient (Wildman–Crippen LogP) is 1.89. The molecule has 0 bridgehead atoms. The summed E-state index contributed by atoms with van der Waals surface area (Å²) < 4.78 is 1.22. The van der Waals surface area contributed by atoms with Crippen molar-refractivity contribution in [3.63, 3.8) is 0 Å². The monoisotopic (exact) mass is 179 g/mol. The van der Waals surface area contributed by atoms with E-state index in [0.717, 1.165) is 11.2 Å². The second-order valence-corrected chi connectivity index (χ2v) is 3.86. The normalized spacial score (nSPS) is 10.5. The molecule has 62 valence electrons. The Morgan fingerprint density at radius 2 is 2.42 bits per heavy atom. The number of pyridine rings is 1. The molecule has 0 saturated carbocycles. The lowest BCUT2D eigenvalue weighted by molar-refractivity contribution is 1.25. The molecule has 3 N–H and O–H groups in total. The number of rotatable bonds is 1. The lowest BCUT2D eigenvalue weighted by atomic mass is 10.3. The Labute approximate surface area is 74.2 Å². The minimum absolute atomic E-state index is 0.747. The topological polar surface area (TPSA) is 50.9 Å². The summed E-state index contributed by atoms with van der Waals surface area (Å²) in [6, 6.07) is 4.08. The summed E-state index contributed by atoms with van der Waals surface area (Å²) in [6.07, 6.45) is 1.76. The highest BCUT2D eigenvalue weighted by molar-refractivity contribution is 7.19. The van der Waals surface area contributed by atoms with Crippen molar-refractivity contribution in [3.05, 3.63) is 23.2 Å². The van der Waals surface area contributed by atoms with Gasteiger partial charge in [0.15, 0.2) is 0 Å². The largest absolute Gasteiger partial charge is 0.308 e. The van der Waals surface area contributed by atoms with Gasteiger partial charge in [0.2, 0.25) is 0 Å². The molecule has 0 fully saturated rings. The summed E-state index contributed by atoms with van der Waals surface area (Å²) in [6.45, 7) is 2.07. The van der Waals surface area contributed by atoms with Crippen molar-refractivity contribution in [3.8, 4) is 0 Å². The number of nitrogens with one attached hydrogen (secondary N) is 1. The number of aromatic nitrogens is 1. The van der Waals surface area contributed by atoms with Gasteiger partial charge >= 0.3 is 0 Å². The van der Waals surface area contributed by atoms with Gasteiger partial charge in [0, 0.05) is 21.2 Å². The van der Waals surface area contributed by atoms with Gasteiger partial charge < -0.3 is 5.43 Å². The van der Waals surface area contributed by atoms with Gasteiger partial charge in [-0.25, -0.2) is 10.8 Å². The molecule has 0 atom stereocenters. The zero-order valence-corrected chi connectivity index (χ0v) is 7.48. The van der Waals surface area contributed by atoms with E-state index < -0.39 is 0 Å². The molecule has 0 aliphatic carbocycles. The number of hydrazine groups is 1. The molecule has 2 rings (SSSR count). The van der Waals surface area contributed by atoms with Crippen LogP contribution in [0.1, 0.15) is 4.88 Å². The van der Waals surface area contributed by atoms with E-state index in [-0.39, 0.29) is 0 Å². The van der Waals surface area contributed by atoms with Gasteiger partial charge in [0.1, 0.15) is 5.82 Å². The number of hydrogen-bond acceptors (Lipinski definition) is 4. The van der Waals surface area contributed by atoms with Crippen molar-refractivity contribution >= 4 is 27.2 Å². The van der Waals surface area contributed by atoms with Gasteiger partial charge in [-0.05, 0) is 19.1 Å². The molecule has 2 aromatic heterocycles. The molecule has 12 heavy (non-hydrogen) atoms. The number of hydrogen-bond donors (Lipinski definition) is 2. The first kappa shape index (κ1) is 7.52. The second-order valence-electron chi connectivity index (χ2n) is 2.57. The Bertz CT molecular complexity index is 408. The molecule has 0 aliphatic rings. The Morgan fingerprint density at radius 3 is 3.17 bits per heavy atom. The van der Waals surface area contributed by atoms with E-state index in [4.69, 9.17) is 5.84 Å². The number of fused-ring (bicyclic) bond motifs is 1. The summed E-state index contributed by atoms with van der Waals surface area (Å²) in [4.78, 5) is 5.38. The molecule has 0 radical (unpaired) electrons. The van der Waals surface area contributed by atoms with E-state index in [2.05, 4.69) is 23.4 Å². The van der Waals surface area contributed by atoms with Gasteiger partial charge in [-0.3, -0.25) is 0 Å². The molecular weight excluding hydrogens is 170 g/mol. The Balaban J connectivity index is 2.78. The number of aryl methyl sites for hydroxylation is 1. The summed E-state index contributed by atoms with van der Waals surface area (Å²) in [5.74, 6) is 6.06. The van der Waals surface area contributed by atoms with E-state index in [1.54, 1.807) is 17.5 Å². The summed E-state index contributed by atoms with van der Waals surface area (Å²) in [5, 5.41) is 1.10. The number of nitrogens with two attached hydrogens (primary N) is 1. The fourth-order valence-electron chi connectivity index (χ4n) is 1.21. The van der Waals surface area contributed by atoms with E-state index >= 15 is 0 Å². The van der Waals surface area contributed by atoms with Gasteiger partial charge in [-0.15, -0.1) is 11.3 Å². The van der Waals surface area contributed by atoms with Crippen LogP contribution in [0.15, 0.2) is 18.3 Å². The maximum atomic E-state index is 5.32. The molecule has 0 spiro atoms. The van der Waals surface area contributed by atoms with Crippen LogP contribution in [-0.2, 0) is 0 Å². The number of nitrogens with zero attached hydrogens (tertiary/aromatic N) is 1. The van der Waals surface area contributed by atoms with Crippen LogP contribution in [0.3, 0.4) is 0 Å². The highest BCUT2D eigenvalue weighted by atomic mass is 32.1. The molecule has 0 amide bonds. The van der Waals surface area contributed by atoms with Crippen molar-refractivity contribution in [1.82, 2.24) is 4.98 Å². The summed E-state index contributed by atoms with van der Waals surface area (Å²) in [7, 11) is 0. The first-order chi connectivity index (χ1) is 5.81. The molecule has 0 unspecified atom stereocenters. The van der Waals surface area contributed by atoms with Crippen molar-refractivity contribution < 1.29 is 0 Å². The average molecular weight is 179 g/mol.